The van der Waals surface area contributed by atoms with Crippen LogP contribution in [0.2, 0.25) is 5.02 Å². The van der Waals surface area contributed by atoms with E-state index in [2.05, 4.69) is 31.0 Å². The largest absolute Gasteiger partial charge is 0.277 e. The topological polar surface area (TPSA) is 47.2 Å². The first-order valence-electron chi connectivity index (χ1n) is 10.7. The van der Waals surface area contributed by atoms with Gasteiger partial charge in [-0.15, -0.1) is 0 Å². The van der Waals surface area contributed by atoms with Crippen LogP contribution in [0.3, 0.4) is 0 Å². The minimum absolute atomic E-state index is 0.102. The van der Waals surface area contributed by atoms with Crippen molar-refractivity contribution in [3.05, 3.63) is 117 Å². The maximum absolute atomic E-state index is 13.7. The highest BCUT2D eigenvalue weighted by Crippen LogP contribution is 2.27. The van der Waals surface area contributed by atoms with E-state index >= 15 is 0 Å². The van der Waals surface area contributed by atoms with Gasteiger partial charge in [-0.3, -0.25) is 14.4 Å². The number of aromatic nitrogens is 2. The fourth-order valence-corrected chi connectivity index (χ4v) is 4.12. The van der Waals surface area contributed by atoms with Crippen molar-refractivity contribution in [2.24, 2.45) is 4.99 Å². The highest BCUT2D eigenvalue weighted by atomic mass is 35.5. The number of hydrogen-bond donors (Lipinski definition) is 0. The van der Waals surface area contributed by atoms with Crippen LogP contribution in [0.5, 0.6) is 0 Å². The monoisotopic (exact) mass is 439 g/mol. The third-order valence-corrected chi connectivity index (χ3v) is 6.02. The minimum Gasteiger partial charge on any atom is -0.277 e. The lowest BCUT2D eigenvalue weighted by Gasteiger charge is -2.16. The maximum Gasteiger partial charge on any atom is 0.264 e. The highest BCUT2D eigenvalue weighted by Gasteiger charge is 2.26. The summed E-state index contributed by atoms with van der Waals surface area (Å²) >= 11 is 6.10. The van der Waals surface area contributed by atoms with Crippen LogP contribution in [-0.4, -0.2) is 15.3 Å². The third kappa shape index (κ3) is 3.57. The fourth-order valence-electron chi connectivity index (χ4n) is 3.99. The van der Waals surface area contributed by atoms with E-state index in [4.69, 9.17) is 16.6 Å². The molecule has 4 aromatic rings. The average Bonchev–Trinajstić information content (AvgIpc) is 3.25. The first-order valence-corrected chi connectivity index (χ1v) is 11.0. The molecule has 0 fully saturated rings. The maximum atomic E-state index is 13.7. The molecule has 158 valence electrons. The first-order chi connectivity index (χ1) is 15.5. The Morgan fingerprint density at radius 3 is 2.22 bits per heavy atom. The third-order valence-electron chi connectivity index (χ3n) is 5.76. The molecule has 3 aromatic carbocycles. The van der Waals surface area contributed by atoms with Crippen LogP contribution in [0.15, 0.2) is 88.6 Å². The molecule has 0 spiro atoms. The summed E-state index contributed by atoms with van der Waals surface area (Å²) in [5, 5.41) is 0.619. The van der Waals surface area contributed by atoms with Crippen LogP contribution >= 0.6 is 11.6 Å². The van der Waals surface area contributed by atoms with E-state index in [-0.39, 0.29) is 5.56 Å². The molecule has 32 heavy (non-hydrogen) atoms. The summed E-state index contributed by atoms with van der Waals surface area (Å²) in [7, 11) is 0. The molecule has 2 heterocycles. The van der Waals surface area contributed by atoms with Gasteiger partial charge in [-0.1, -0.05) is 80.0 Å². The Labute approximate surface area is 191 Å². The summed E-state index contributed by atoms with van der Waals surface area (Å²) in [6, 6.07) is 25.4. The smallest absolute Gasteiger partial charge is 0.264 e. The lowest BCUT2D eigenvalue weighted by atomic mass is 10.0. The molecule has 0 amide bonds. The summed E-state index contributed by atoms with van der Waals surface area (Å²) < 4.78 is 1.67. The predicted molar refractivity (Wildman–Crippen MR) is 130 cm³/mol. The summed E-state index contributed by atoms with van der Waals surface area (Å²) in [6.45, 7) is 4.65. The minimum atomic E-state index is -0.102. The van der Waals surface area contributed by atoms with Crippen LogP contribution in [0.25, 0.3) is 17.1 Å². The second-order valence-corrected chi connectivity index (χ2v) is 8.62. The van der Waals surface area contributed by atoms with Crippen LogP contribution in [0, 0.1) is 0 Å². The van der Waals surface area contributed by atoms with Gasteiger partial charge in [0, 0.05) is 16.1 Å². The summed E-state index contributed by atoms with van der Waals surface area (Å²) in [5.41, 5.74) is 5.74. The van der Waals surface area contributed by atoms with E-state index < -0.39 is 0 Å². The molecular weight excluding hydrogens is 418 g/mol. The normalized spacial score (nSPS) is 12.7. The van der Waals surface area contributed by atoms with Gasteiger partial charge in [0.1, 0.15) is 11.5 Å². The summed E-state index contributed by atoms with van der Waals surface area (Å²) in [6.07, 6.45) is 0. The van der Waals surface area contributed by atoms with Crippen molar-refractivity contribution < 1.29 is 0 Å². The lowest BCUT2D eigenvalue weighted by Crippen LogP contribution is -2.27. The number of halogens is 1. The lowest BCUT2D eigenvalue weighted by molar-refractivity contribution is 0.865. The van der Waals surface area contributed by atoms with Crippen LogP contribution in [0.4, 0.5) is 0 Å². The number of rotatable bonds is 4. The Bertz CT molecular complexity index is 1370. The van der Waals surface area contributed by atoms with Crippen LogP contribution in [0.1, 0.15) is 42.1 Å². The van der Waals surface area contributed by atoms with E-state index in [9.17, 15) is 4.79 Å². The molecule has 0 bridgehead atoms. The van der Waals surface area contributed by atoms with Gasteiger partial charge in [0.15, 0.2) is 0 Å². The molecule has 1 aromatic heterocycles. The van der Waals surface area contributed by atoms with Gasteiger partial charge in [0.05, 0.1) is 23.5 Å². The zero-order valence-electron chi connectivity index (χ0n) is 17.9. The number of benzene rings is 3. The number of nitrogens with zero attached hydrogens (tertiary/aromatic N) is 3. The van der Waals surface area contributed by atoms with Crippen molar-refractivity contribution in [2.45, 2.75) is 26.3 Å². The number of hydrogen-bond acceptors (Lipinski definition) is 3. The molecule has 1 aliphatic rings. The van der Waals surface area contributed by atoms with E-state index in [1.807, 2.05) is 54.6 Å². The van der Waals surface area contributed by atoms with Gasteiger partial charge < -0.3 is 0 Å². The zero-order valence-corrected chi connectivity index (χ0v) is 18.7. The standard InChI is InChI=1S/C27H22ClN3O/c1-17(2)18-8-10-20(11-9-18)26-30-25-23(16-29-24(25)19-6-4-3-5-7-19)27(32)31(26)22-14-12-21(28)13-15-22/h3-15,17H,16H2,1-2H3. The molecule has 0 aliphatic carbocycles. The second kappa shape index (κ2) is 8.21. The van der Waals surface area contributed by atoms with Gasteiger partial charge in [-0.25, -0.2) is 4.98 Å². The molecule has 0 saturated carbocycles. The van der Waals surface area contributed by atoms with E-state index in [0.717, 1.165) is 22.5 Å². The van der Waals surface area contributed by atoms with Crippen molar-refractivity contribution in [1.29, 1.82) is 0 Å². The molecule has 0 saturated heterocycles. The summed E-state index contributed by atoms with van der Waals surface area (Å²) in [4.78, 5) is 23.4. The fraction of sp³-hybridized carbons (Fsp3) is 0.148. The van der Waals surface area contributed by atoms with E-state index in [1.165, 1.54) is 5.56 Å². The van der Waals surface area contributed by atoms with Crippen molar-refractivity contribution in [3.8, 4) is 17.1 Å². The Hall–Kier alpha value is -3.50. The molecule has 1 aliphatic heterocycles. The molecular formula is C27H22ClN3O. The SMILES string of the molecule is CC(C)c1ccc(-c2nc3c(c(=O)n2-c2ccc(Cl)cc2)CN=C3c2ccccc2)cc1. The first kappa shape index (κ1) is 20.4. The Morgan fingerprint density at radius 1 is 0.875 bits per heavy atom. The van der Waals surface area contributed by atoms with Gasteiger partial charge in [0.2, 0.25) is 0 Å². The Kier molecular flexibility index (Phi) is 5.24. The van der Waals surface area contributed by atoms with Crippen LogP contribution < -0.4 is 5.56 Å². The van der Waals surface area contributed by atoms with Gasteiger partial charge >= 0.3 is 0 Å². The van der Waals surface area contributed by atoms with Gasteiger partial charge in [0.25, 0.3) is 5.56 Å². The average molecular weight is 440 g/mol. The Balaban J connectivity index is 1.74. The molecule has 0 atom stereocenters. The zero-order chi connectivity index (χ0) is 22.2. The highest BCUT2D eigenvalue weighted by molar-refractivity contribution is 6.30. The van der Waals surface area contributed by atoms with Gasteiger partial charge in [-0.2, -0.15) is 0 Å². The van der Waals surface area contributed by atoms with E-state index in [1.54, 1.807) is 16.7 Å². The van der Waals surface area contributed by atoms with Crippen molar-refractivity contribution in [3.63, 3.8) is 0 Å². The van der Waals surface area contributed by atoms with Gasteiger partial charge in [-0.05, 0) is 35.7 Å². The molecule has 0 unspecified atom stereocenters. The number of aliphatic imine (C=N–C) groups is 1. The molecule has 0 radical (unpaired) electrons. The molecule has 4 nitrogen and oxygen atoms in total. The second-order valence-electron chi connectivity index (χ2n) is 8.19. The predicted octanol–water partition coefficient (Wildman–Crippen LogP) is 6.03. The summed E-state index contributed by atoms with van der Waals surface area (Å²) in [5.74, 6) is 1.02. The van der Waals surface area contributed by atoms with E-state index in [0.29, 0.717) is 34.6 Å². The van der Waals surface area contributed by atoms with Crippen molar-refractivity contribution in [2.75, 3.05) is 0 Å². The molecule has 5 rings (SSSR count). The van der Waals surface area contributed by atoms with Crippen molar-refractivity contribution in [1.82, 2.24) is 9.55 Å². The van der Waals surface area contributed by atoms with Crippen LogP contribution in [-0.2, 0) is 6.54 Å². The quantitative estimate of drug-likeness (QED) is 0.390. The van der Waals surface area contributed by atoms with Crippen molar-refractivity contribution >= 4 is 17.3 Å². The Morgan fingerprint density at radius 2 is 1.56 bits per heavy atom. The molecule has 5 heteroatoms. The molecule has 0 N–H and O–H groups in total. The number of fused-ring (bicyclic) bond motifs is 1.